The van der Waals surface area contributed by atoms with Crippen LogP contribution in [0.25, 0.3) is 0 Å². The zero-order valence-corrected chi connectivity index (χ0v) is 48.4. The number of carbonyl (C=O) groups is 3. The molecule has 6 heteroatoms. The van der Waals surface area contributed by atoms with Crippen molar-refractivity contribution in [1.29, 1.82) is 0 Å². The molecule has 6 nitrogen and oxygen atoms in total. The Hall–Kier alpha value is -5.23. The maximum absolute atomic E-state index is 12.8. The lowest BCUT2D eigenvalue weighted by Gasteiger charge is -2.18. The van der Waals surface area contributed by atoms with E-state index in [2.05, 4.69) is 179 Å². The molecule has 0 saturated carbocycles. The highest BCUT2D eigenvalue weighted by molar-refractivity contribution is 5.71. The summed E-state index contributed by atoms with van der Waals surface area (Å²) in [5.74, 6) is -1.05. The summed E-state index contributed by atoms with van der Waals surface area (Å²) >= 11 is 0. The first-order chi connectivity index (χ1) is 37.5. The predicted octanol–water partition coefficient (Wildman–Crippen LogP) is 20.7. The fourth-order valence-electron chi connectivity index (χ4n) is 7.50. The molecule has 76 heavy (non-hydrogen) atoms. The Balaban J connectivity index is 4.35. The number of ether oxygens (including phenoxy) is 3. The van der Waals surface area contributed by atoms with Gasteiger partial charge in [-0.2, -0.15) is 0 Å². The van der Waals surface area contributed by atoms with Gasteiger partial charge in [0.2, 0.25) is 0 Å². The van der Waals surface area contributed by atoms with Crippen LogP contribution >= 0.6 is 0 Å². The Kier molecular flexibility index (Phi) is 58.0. The van der Waals surface area contributed by atoms with E-state index >= 15 is 0 Å². The molecule has 0 aliphatic rings. The largest absolute Gasteiger partial charge is 0.462 e. The molecule has 0 rings (SSSR count). The molecule has 0 aromatic rings. The smallest absolute Gasteiger partial charge is 0.306 e. The zero-order chi connectivity index (χ0) is 55.0. The van der Waals surface area contributed by atoms with Gasteiger partial charge in [-0.25, -0.2) is 0 Å². The lowest BCUT2D eigenvalue weighted by molar-refractivity contribution is -0.166. The van der Waals surface area contributed by atoms with Gasteiger partial charge in [-0.15, -0.1) is 0 Å². The summed E-state index contributed by atoms with van der Waals surface area (Å²) in [6.07, 6.45) is 92.3. The Morgan fingerprint density at radius 3 is 0.868 bits per heavy atom. The summed E-state index contributed by atoms with van der Waals surface area (Å²) in [5.41, 5.74) is 0. The van der Waals surface area contributed by atoms with Crippen LogP contribution in [0.2, 0.25) is 0 Å². The molecule has 0 amide bonds. The molecule has 0 heterocycles. The van der Waals surface area contributed by atoms with Gasteiger partial charge >= 0.3 is 17.9 Å². The molecule has 0 aliphatic carbocycles. The van der Waals surface area contributed by atoms with E-state index in [4.69, 9.17) is 14.2 Å². The third-order valence-corrected chi connectivity index (χ3v) is 11.9. The minimum atomic E-state index is -0.835. The van der Waals surface area contributed by atoms with Crippen molar-refractivity contribution < 1.29 is 28.6 Å². The summed E-state index contributed by atoms with van der Waals surface area (Å²) in [6.45, 7) is 6.27. The van der Waals surface area contributed by atoms with Crippen LogP contribution < -0.4 is 0 Å². The first-order valence-corrected chi connectivity index (χ1v) is 30.1. The van der Waals surface area contributed by atoms with Crippen LogP contribution in [0.5, 0.6) is 0 Å². The normalized spacial score (nSPS) is 13.4. The average Bonchev–Trinajstić information content (AvgIpc) is 3.42. The molecule has 0 fully saturated rings. The second kappa shape index (κ2) is 62.3. The lowest BCUT2D eigenvalue weighted by atomic mass is 10.1. The van der Waals surface area contributed by atoms with Crippen molar-refractivity contribution in [2.24, 2.45) is 0 Å². The van der Waals surface area contributed by atoms with Crippen molar-refractivity contribution in [2.75, 3.05) is 13.2 Å². The first kappa shape index (κ1) is 70.8. The molecule has 424 valence electrons. The van der Waals surface area contributed by atoms with E-state index in [1.807, 2.05) is 12.2 Å². The third kappa shape index (κ3) is 59.6. The van der Waals surface area contributed by atoms with Crippen LogP contribution in [0.15, 0.2) is 170 Å². The highest BCUT2D eigenvalue weighted by Crippen LogP contribution is 2.12. The number of esters is 3. The van der Waals surface area contributed by atoms with E-state index < -0.39 is 12.1 Å². The monoisotopic (exact) mass is 1040 g/mol. The predicted molar refractivity (Wildman–Crippen MR) is 329 cm³/mol. The minimum Gasteiger partial charge on any atom is -0.462 e. The summed E-state index contributed by atoms with van der Waals surface area (Å²) in [7, 11) is 0. The maximum Gasteiger partial charge on any atom is 0.306 e. The molecule has 0 aromatic heterocycles. The molecule has 0 saturated heterocycles. The van der Waals surface area contributed by atoms with E-state index in [1.54, 1.807) is 0 Å². The molecular weight excluding hydrogens is 937 g/mol. The van der Waals surface area contributed by atoms with Crippen LogP contribution in [-0.4, -0.2) is 37.2 Å². The number of carbonyl (C=O) groups excluding carboxylic acids is 3. The van der Waals surface area contributed by atoms with Gasteiger partial charge < -0.3 is 14.2 Å². The second-order valence-corrected chi connectivity index (χ2v) is 19.1. The molecule has 0 N–H and O–H groups in total. The highest BCUT2D eigenvalue weighted by Gasteiger charge is 2.19. The van der Waals surface area contributed by atoms with Gasteiger partial charge in [0.15, 0.2) is 6.10 Å². The van der Waals surface area contributed by atoms with Crippen molar-refractivity contribution in [3.8, 4) is 0 Å². The molecule has 1 unspecified atom stereocenters. The van der Waals surface area contributed by atoms with Gasteiger partial charge in [0, 0.05) is 19.3 Å². The summed E-state index contributed by atoms with van der Waals surface area (Å²) in [5, 5.41) is 0. The molecule has 0 spiro atoms. The SMILES string of the molecule is CC/C=C\C/C=C\C/C=C\C/C=C\C/C=C\C/C=C\C/C=C\C/C=C\C/C=C\CCCCCCCC(=O)OCC(COC(=O)CCCCCCC/C=C\CCCCC)OC(=O)CC/C=C\C/C=C\C/C=C\C/C=C\CC. The standard InChI is InChI=1S/C70H108O6/c1-4-7-10-13-16-19-22-25-26-27-28-29-30-31-32-33-34-35-36-37-38-39-40-41-42-43-44-46-48-51-54-57-60-63-69(72)75-66-67(65-74-68(71)62-59-56-53-50-47-24-21-18-15-12-9-6-3)76-70(73)64-61-58-55-52-49-45-23-20-17-14-11-8-5-2/h7-8,10-11,16-21,25-26,28-29,31-32,34-35,37-38,40-41,43-45,49,55,58,67H,4-6,9,12-15,22-24,27,30,33,36,39,42,46-48,50-54,56-57,59-66H2,1-3H3/b10-7-,11-8-,19-16-,20-17-,21-18-,26-25-,29-28-,32-31-,35-34-,38-37-,41-40-,44-43-,49-45-,58-55-. The number of hydrogen-bond donors (Lipinski definition) is 0. The van der Waals surface area contributed by atoms with E-state index in [-0.39, 0.29) is 31.6 Å². The van der Waals surface area contributed by atoms with Gasteiger partial charge in [-0.05, 0) is 141 Å². The molecule has 0 aliphatic heterocycles. The topological polar surface area (TPSA) is 78.9 Å². The van der Waals surface area contributed by atoms with Crippen LogP contribution in [0.1, 0.15) is 233 Å². The van der Waals surface area contributed by atoms with Crippen molar-refractivity contribution in [3.05, 3.63) is 170 Å². The number of rotatable bonds is 52. The Morgan fingerprint density at radius 2 is 0.539 bits per heavy atom. The van der Waals surface area contributed by atoms with Gasteiger partial charge in [-0.1, -0.05) is 242 Å². The quantitative estimate of drug-likeness (QED) is 0.0261. The van der Waals surface area contributed by atoms with E-state index in [0.29, 0.717) is 19.3 Å². The Bertz CT molecular complexity index is 1770. The average molecular weight is 1050 g/mol. The van der Waals surface area contributed by atoms with Gasteiger partial charge in [0.1, 0.15) is 13.2 Å². The van der Waals surface area contributed by atoms with Crippen LogP contribution in [0, 0.1) is 0 Å². The third-order valence-electron chi connectivity index (χ3n) is 11.9. The molecule has 1 atom stereocenters. The van der Waals surface area contributed by atoms with Gasteiger partial charge in [0.25, 0.3) is 0 Å². The van der Waals surface area contributed by atoms with Crippen molar-refractivity contribution >= 4 is 17.9 Å². The summed E-state index contributed by atoms with van der Waals surface area (Å²) < 4.78 is 16.7. The van der Waals surface area contributed by atoms with E-state index in [9.17, 15) is 14.4 Å². The zero-order valence-electron chi connectivity index (χ0n) is 48.4. The minimum absolute atomic E-state index is 0.124. The molecule has 0 bridgehead atoms. The highest BCUT2D eigenvalue weighted by atomic mass is 16.6. The number of allylic oxidation sites excluding steroid dienone is 28. The molecule has 0 radical (unpaired) electrons. The molecule has 0 aromatic carbocycles. The number of unbranched alkanes of at least 4 members (excludes halogenated alkanes) is 13. The second-order valence-electron chi connectivity index (χ2n) is 19.1. The summed E-state index contributed by atoms with van der Waals surface area (Å²) in [4.78, 5) is 38.1. The van der Waals surface area contributed by atoms with E-state index in [0.717, 1.165) is 154 Å². The van der Waals surface area contributed by atoms with Crippen LogP contribution in [0.3, 0.4) is 0 Å². The molecular formula is C70H108O6. The Labute approximate surface area is 466 Å². The fraction of sp³-hybridized carbons (Fsp3) is 0.557. The maximum atomic E-state index is 12.8. The van der Waals surface area contributed by atoms with Gasteiger partial charge in [-0.3, -0.25) is 14.4 Å². The van der Waals surface area contributed by atoms with Crippen molar-refractivity contribution in [2.45, 2.75) is 239 Å². The van der Waals surface area contributed by atoms with Crippen LogP contribution in [0.4, 0.5) is 0 Å². The number of hydrogen-bond acceptors (Lipinski definition) is 6. The van der Waals surface area contributed by atoms with E-state index in [1.165, 1.54) is 32.1 Å². The van der Waals surface area contributed by atoms with Crippen molar-refractivity contribution in [1.82, 2.24) is 0 Å². The van der Waals surface area contributed by atoms with Crippen molar-refractivity contribution in [3.63, 3.8) is 0 Å². The lowest BCUT2D eigenvalue weighted by Crippen LogP contribution is -2.30. The first-order valence-electron chi connectivity index (χ1n) is 30.1. The van der Waals surface area contributed by atoms with Crippen LogP contribution in [-0.2, 0) is 28.6 Å². The fourth-order valence-corrected chi connectivity index (χ4v) is 7.50. The summed E-state index contributed by atoms with van der Waals surface area (Å²) in [6, 6.07) is 0. The van der Waals surface area contributed by atoms with Gasteiger partial charge in [0.05, 0.1) is 0 Å². The Morgan fingerprint density at radius 1 is 0.276 bits per heavy atom.